The molecule has 3 aromatic rings. The molecule has 0 bridgehead atoms. The van der Waals surface area contributed by atoms with Crippen molar-refractivity contribution in [1.29, 1.82) is 0 Å². The zero-order valence-corrected chi connectivity index (χ0v) is 18.4. The minimum atomic E-state index is -0.183. The Morgan fingerprint density at radius 2 is 2.14 bits per heavy atom. The highest BCUT2D eigenvalue weighted by Crippen LogP contribution is 2.43. The Labute approximate surface area is 175 Å². The van der Waals surface area contributed by atoms with Crippen LogP contribution >= 0.6 is 11.3 Å². The molecule has 3 aromatic heterocycles. The van der Waals surface area contributed by atoms with Crippen molar-refractivity contribution in [3.63, 3.8) is 0 Å². The molecule has 1 atom stereocenters. The Kier molecular flexibility index (Phi) is 4.72. The Morgan fingerprint density at radius 3 is 2.90 bits per heavy atom. The standard InChI is InChI=1S/C22H28N4O2S/c1-12(2)17-15-10-28-22(3,4)8-14(15)16-18-19(29-21(16)26-17)20(25-11-24-18)23-9-13-6-5-7-27-13/h11-13H,5-10H2,1-4H3,(H,23,24,25). The fourth-order valence-electron chi connectivity index (χ4n) is 4.45. The van der Waals surface area contributed by atoms with Gasteiger partial charge in [0, 0.05) is 30.5 Å². The van der Waals surface area contributed by atoms with E-state index in [2.05, 4.69) is 43.0 Å². The predicted octanol–water partition coefficient (Wildman–Crippen LogP) is 4.81. The van der Waals surface area contributed by atoms with Gasteiger partial charge >= 0.3 is 0 Å². The Bertz CT molecular complexity index is 1070. The summed E-state index contributed by atoms with van der Waals surface area (Å²) >= 11 is 1.70. The second-order valence-corrected chi connectivity index (χ2v) is 10.0. The number of anilines is 1. The Hall–Kier alpha value is -1.83. The number of fused-ring (bicyclic) bond motifs is 5. The van der Waals surface area contributed by atoms with Gasteiger partial charge in [0.05, 0.1) is 34.2 Å². The van der Waals surface area contributed by atoms with Gasteiger partial charge in [0.25, 0.3) is 0 Å². The summed E-state index contributed by atoms with van der Waals surface area (Å²) in [6.07, 6.45) is 5.05. The highest BCUT2D eigenvalue weighted by atomic mass is 32.1. The lowest BCUT2D eigenvalue weighted by Crippen LogP contribution is -2.32. The fourth-order valence-corrected chi connectivity index (χ4v) is 5.58. The van der Waals surface area contributed by atoms with Crippen molar-refractivity contribution in [2.45, 2.75) is 71.2 Å². The molecule has 0 spiro atoms. The molecule has 0 saturated carbocycles. The number of aromatic nitrogens is 3. The van der Waals surface area contributed by atoms with Crippen molar-refractivity contribution < 1.29 is 9.47 Å². The first-order valence-corrected chi connectivity index (χ1v) is 11.3. The lowest BCUT2D eigenvalue weighted by molar-refractivity contribution is -0.0402. The first-order valence-electron chi connectivity index (χ1n) is 10.5. The van der Waals surface area contributed by atoms with Crippen LogP contribution in [0.5, 0.6) is 0 Å². The number of pyridine rings is 1. The average molecular weight is 413 g/mol. The maximum Gasteiger partial charge on any atom is 0.147 e. The number of thiophene rings is 1. The highest BCUT2D eigenvalue weighted by Gasteiger charge is 2.32. The largest absolute Gasteiger partial charge is 0.376 e. The summed E-state index contributed by atoms with van der Waals surface area (Å²) in [5.41, 5.74) is 4.57. The van der Waals surface area contributed by atoms with Gasteiger partial charge in [-0.1, -0.05) is 13.8 Å². The molecule has 2 aliphatic rings. The van der Waals surface area contributed by atoms with E-state index in [9.17, 15) is 0 Å². The third-order valence-electron chi connectivity index (χ3n) is 5.93. The van der Waals surface area contributed by atoms with Gasteiger partial charge < -0.3 is 14.8 Å². The lowest BCUT2D eigenvalue weighted by atomic mass is 9.87. The zero-order valence-electron chi connectivity index (χ0n) is 17.5. The van der Waals surface area contributed by atoms with Gasteiger partial charge in [0.1, 0.15) is 17.0 Å². The maximum atomic E-state index is 6.14. The first-order chi connectivity index (χ1) is 13.9. The SMILES string of the molecule is CC(C)c1nc2sc3c(NCC4CCCO4)ncnc3c2c2c1COC(C)(C)C2. The second kappa shape index (κ2) is 7.15. The minimum absolute atomic E-state index is 0.183. The van der Waals surface area contributed by atoms with Crippen LogP contribution in [0, 0.1) is 0 Å². The molecule has 0 radical (unpaired) electrons. The molecule has 1 saturated heterocycles. The molecule has 1 fully saturated rings. The molecule has 154 valence electrons. The van der Waals surface area contributed by atoms with Crippen LogP contribution in [0.2, 0.25) is 0 Å². The summed E-state index contributed by atoms with van der Waals surface area (Å²) in [5, 5.41) is 4.69. The summed E-state index contributed by atoms with van der Waals surface area (Å²) in [4.78, 5) is 15.4. The number of hydrogen-bond donors (Lipinski definition) is 1. The number of nitrogens with one attached hydrogen (secondary N) is 1. The van der Waals surface area contributed by atoms with E-state index >= 15 is 0 Å². The molecule has 7 heteroatoms. The number of nitrogens with zero attached hydrogens (tertiary/aromatic N) is 3. The number of ether oxygens (including phenoxy) is 2. The molecule has 2 aliphatic heterocycles. The van der Waals surface area contributed by atoms with Gasteiger partial charge in [0.15, 0.2) is 0 Å². The monoisotopic (exact) mass is 412 g/mol. The topological polar surface area (TPSA) is 69.2 Å². The van der Waals surface area contributed by atoms with Crippen LogP contribution in [0.15, 0.2) is 6.33 Å². The van der Waals surface area contributed by atoms with Gasteiger partial charge in [-0.3, -0.25) is 0 Å². The third kappa shape index (κ3) is 3.39. The molecule has 1 N–H and O–H groups in total. The lowest BCUT2D eigenvalue weighted by Gasteiger charge is -2.33. The van der Waals surface area contributed by atoms with Crippen molar-refractivity contribution in [3.05, 3.63) is 23.1 Å². The molecular formula is C22H28N4O2S. The Balaban J connectivity index is 1.66. The molecule has 0 amide bonds. The Morgan fingerprint density at radius 1 is 1.28 bits per heavy atom. The van der Waals surface area contributed by atoms with Crippen molar-refractivity contribution in [1.82, 2.24) is 15.0 Å². The minimum Gasteiger partial charge on any atom is -0.376 e. The van der Waals surface area contributed by atoms with E-state index in [-0.39, 0.29) is 11.7 Å². The van der Waals surface area contributed by atoms with Crippen LogP contribution in [0.1, 0.15) is 63.3 Å². The number of rotatable bonds is 4. The molecule has 0 aliphatic carbocycles. The summed E-state index contributed by atoms with van der Waals surface area (Å²) in [5.74, 6) is 1.24. The zero-order chi connectivity index (χ0) is 20.2. The van der Waals surface area contributed by atoms with E-state index in [1.807, 2.05) is 0 Å². The van der Waals surface area contributed by atoms with Crippen LogP contribution in [-0.4, -0.2) is 39.8 Å². The molecule has 0 aromatic carbocycles. The molecule has 1 unspecified atom stereocenters. The third-order valence-corrected chi connectivity index (χ3v) is 7.01. The van der Waals surface area contributed by atoms with E-state index in [1.54, 1.807) is 17.7 Å². The molecule has 5 rings (SSSR count). The molecule has 29 heavy (non-hydrogen) atoms. The van der Waals surface area contributed by atoms with Gasteiger partial charge in [0.2, 0.25) is 0 Å². The summed E-state index contributed by atoms with van der Waals surface area (Å²) in [6.45, 7) is 11.0. The maximum absolute atomic E-state index is 6.14. The van der Waals surface area contributed by atoms with E-state index in [0.29, 0.717) is 12.5 Å². The molecule has 6 nitrogen and oxygen atoms in total. The summed E-state index contributed by atoms with van der Waals surface area (Å²) in [6, 6.07) is 0. The van der Waals surface area contributed by atoms with Crippen LogP contribution in [0.3, 0.4) is 0 Å². The van der Waals surface area contributed by atoms with Crippen LogP contribution in [-0.2, 0) is 22.5 Å². The predicted molar refractivity (Wildman–Crippen MR) is 117 cm³/mol. The highest BCUT2D eigenvalue weighted by molar-refractivity contribution is 7.26. The molecule has 5 heterocycles. The van der Waals surface area contributed by atoms with Crippen LogP contribution in [0.25, 0.3) is 20.4 Å². The van der Waals surface area contributed by atoms with E-state index in [0.717, 1.165) is 59.0 Å². The van der Waals surface area contributed by atoms with Gasteiger partial charge in [-0.25, -0.2) is 15.0 Å². The van der Waals surface area contributed by atoms with Crippen molar-refractivity contribution in [3.8, 4) is 0 Å². The van der Waals surface area contributed by atoms with Crippen molar-refractivity contribution in [2.24, 2.45) is 0 Å². The van der Waals surface area contributed by atoms with Gasteiger partial charge in [-0.2, -0.15) is 0 Å². The fraction of sp³-hybridized carbons (Fsp3) is 0.591. The smallest absolute Gasteiger partial charge is 0.147 e. The van der Waals surface area contributed by atoms with Gasteiger partial charge in [-0.05, 0) is 38.2 Å². The quantitative estimate of drug-likeness (QED) is 0.663. The van der Waals surface area contributed by atoms with Gasteiger partial charge in [-0.15, -0.1) is 11.3 Å². The number of hydrogen-bond acceptors (Lipinski definition) is 7. The first kappa shape index (κ1) is 19.2. The van der Waals surface area contributed by atoms with Crippen molar-refractivity contribution in [2.75, 3.05) is 18.5 Å². The van der Waals surface area contributed by atoms with E-state index in [4.69, 9.17) is 14.5 Å². The van der Waals surface area contributed by atoms with E-state index < -0.39 is 0 Å². The summed E-state index contributed by atoms with van der Waals surface area (Å²) < 4.78 is 13.0. The average Bonchev–Trinajstić information content (AvgIpc) is 3.32. The van der Waals surface area contributed by atoms with Crippen molar-refractivity contribution >= 4 is 37.6 Å². The van der Waals surface area contributed by atoms with Crippen LogP contribution in [0.4, 0.5) is 5.82 Å². The second-order valence-electron chi connectivity index (χ2n) is 9.03. The normalized spacial score (nSPS) is 21.2. The summed E-state index contributed by atoms with van der Waals surface area (Å²) in [7, 11) is 0. The van der Waals surface area contributed by atoms with E-state index in [1.165, 1.54) is 16.5 Å². The molecular weight excluding hydrogens is 384 g/mol. The van der Waals surface area contributed by atoms with Crippen LogP contribution < -0.4 is 5.32 Å².